The number of aromatic nitrogens is 3. The third kappa shape index (κ3) is 2.43. The molecule has 0 saturated heterocycles. The standard InChI is InChI=1S/C13H9ClN4S/c14-10-5-8(3-4-16-10)1-2-9-6-19-12-11(9)17-7-18-13(12)15/h1-7H,(H2,15,17,18). The summed E-state index contributed by atoms with van der Waals surface area (Å²) in [6.45, 7) is 0. The lowest BCUT2D eigenvalue weighted by Gasteiger charge is -1.95. The maximum Gasteiger partial charge on any atom is 0.144 e. The van der Waals surface area contributed by atoms with Gasteiger partial charge in [-0.2, -0.15) is 0 Å². The van der Waals surface area contributed by atoms with E-state index in [0.717, 1.165) is 21.3 Å². The van der Waals surface area contributed by atoms with E-state index in [1.807, 2.05) is 23.6 Å². The zero-order valence-electron chi connectivity index (χ0n) is 9.75. The molecule has 0 bridgehead atoms. The number of fused-ring (bicyclic) bond motifs is 1. The van der Waals surface area contributed by atoms with Crippen LogP contribution in [0.25, 0.3) is 22.4 Å². The number of nitrogen functional groups attached to an aromatic ring is 1. The molecule has 2 N–H and O–H groups in total. The highest BCUT2D eigenvalue weighted by molar-refractivity contribution is 7.18. The van der Waals surface area contributed by atoms with Gasteiger partial charge in [0.25, 0.3) is 0 Å². The molecule has 0 aliphatic rings. The Morgan fingerprint density at radius 2 is 2.11 bits per heavy atom. The Kier molecular flexibility index (Phi) is 3.15. The first-order chi connectivity index (χ1) is 9.24. The fourth-order valence-corrected chi connectivity index (χ4v) is 2.79. The van der Waals surface area contributed by atoms with Gasteiger partial charge in [0.05, 0.1) is 10.2 Å². The average Bonchev–Trinajstić information content (AvgIpc) is 2.81. The molecule has 0 aliphatic heterocycles. The third-order valence-electron chi connectivity index (χ3n) is 2.61. The first kappa shape index (κ1) is 12.1. The number of halogens is 1. The summed E-state index contributed by atoms with van der Waals surface area (Å²) in [4.78, 5) is 12.2. The first-order valence-electron chi connectivity index (χ1n) is 5.51. The van der Waals surface area contributed by atoms with Crippen LogP contribution in [0.3, 0.4) is 0 Å². The highest BCUT2D eigenvalue weighted by atomic mass is 35.5. The van der Waals surface area contributed by atoms with Gasteiger partial charge in [-0.1, -0.05) is 23.8 Å². The highest BCUT2D eigenvalue weighted by Gasteiger charge is 2.06. The van der Waals surface area contributed by atoms with Crippen molar-refractivity contribution in [2.75, 3.05) is 5.73 Å². The molecule has 0 amide bonds. The first-order valence-corrected chi connectivity index (χ1v) is 6.77. The molecule has 3 rings (SSSR count). The minimum absolute atomic E-state index is 0.476. The van der Waals surface area contributed by atoms with E-state index in [0.29, 0.717) is 11.0 Å². The van der Waals surface area contributed by atoms with Crippen LogP contribution in [0, 0.1) is 0 Å². The predicted molar refractivity (Wildman–Crippen MR) is 80.0 cm³/mol. The number of nitrogens with zero attached hydrogens (tertiary/aromatic N) is 3. The fraction of sp³-hybridized carbons (Fsp3) is 0. The van der Waals surface area contributed by atoms with E-state index in [4.69, 9.17) is 17.3 Å². The van der Waals surface area contributed by atoms with E-state index >= 15 is 0 Å². The summed E-state index contributed by atoms with van der Waals surface area (Å²) in [7, 11) is 0. The molecule has 94 valence electrons. The molecular formula is C13H9ClN4S. The lowest BCUT2D eigenvalue weighted by molar-refractivity contribution is 1.24. The molecule has 3 aromatic rings. The molecule has 0 fully saturated rings. The maximum atomic E-state index is 5.84. The molecule has 3 heterocycles. The van der Waals surface area contributed by atoms with Crippen LogP contribution in [0.4, 0.5) is 5.82 Å². The summed E-state index contributed by atoms with van der Waals surface area (Å²) < 4.78 is 0.912. The number of hydrogen-bond donors (Lipinski definition) is 1. The molecule has 0 radical (unpaired) electrons. The quantitative estimate of drug-likeness (QED) is 0.733. The van der Waals surface area contributed by atoms with Crippen molar-refractivity contribution in [2.24, 2.45) is 0 Å². The smallest absolute Gasteiger partial charge is 0.144 e. The van der Waals surface area contributed by atoms with E-state index in [-0.39, 0.29) is 0 Å². The summed E-state index contributed by atoms with van der Waals surface area (Å²) in [6.07, 6.45) is 7.10. The summed E-state index contributed by atoms with van der Waals surface area (Å²) in [5.41, 5.74) is 8.68. The van der Waals surface area contributed by atoms with E-state index in [2.05, 4.69) is 15.0 Å². The molecule has 4 nitrogen and oxygen atoms in total. The number of anilines is 1. The Balaban J connectivity index is 2.00. The molecule has 0 unspecified atom stereocenters. The molecule has 0 aromatic carbocycles. The maximum absolute atomic E-state index is 5.84. The number of rotatable bonds is 2. The van der Waals surface area contributed by atoms with Gasteiger partial charge in [0, 0.05) is 17.1 Å². The van der Waals surface area contributed by atoms with Crippen molar-refractivity contribution in [3.05, 3.63) is 46.3 Å². The van der Waals surface area contributed by atoms with Gasteiger partial charge in [0.1, 0.15) is 17.3 Å². The molecule has 0 atom stereocenters. The van der Waals surface area contributed by atoms with Crippen LogP contribution in [0.1, 0.15) is 11.1 Å². The summed E-state index contributed by atoms with van der Waals surface area (Å²) in [6, 6.07) is 3.69. The zero-order chi connectivity index (χ0) is 13.2. The summed E-state index contributed by atoms with van der Waals surface area (Å²) in [5, 5.41) is 2.48. The molecule has 0 spiro atoms. The van der Waals surface area contributed by atoms with Crippen LogP contribution in [0.15, 0.2) is 30.0 Å². The predicted octanol–water partition coefficient (Wildman–Crippen LogP) is 3.49. The van der Waals surface area contributed by atoms with Crippen LogP contribution in [0.5, 0.6) is 0 Å². The van der Waals surface area contributed by atoms with Gasteiger partial charge in [0.15, 0.2) is 0 Å². The van der Waals surface area contributed by atoms with Crippen molar-refractivity contribution in [1.82, 2.24) is 15.0 Å². The van der Waals surface area contributed by atoms with Gasteiger partial charge >= 0.3 is 0 Å². The SMILES string of the molecule is Nc1ncnc2c(C=Cc3ccnc(Cl)c3)csc12. The Hall–Kier alpha value is -1.98. The second-order valence-corrected chi connectivity index (χ2v) is 5.14. The van der Waals surface area contributed by atoms with Gasteiger partial charge in [-0.3, -0.25) is 0 Å². The summed E-state index contributed by atoms with van der Waals surface area (Å²) in [5.74, 6) is 0.515. The topological polar surface area (TPSA) is 64.7 Å². The second kappa shape index (κ2) is 4.95. The Morgan fingerprint density at radius 3 is 2.95 bits per heavy atom. The molecule has 19 heavy (non-hydrogen) atoms. The minimum Gasteiger partial charge on any atom is -0.382 e. The fourth-order valence-electron chi connectivity index (χ4n) is 1.71. The van der Waals surface area contributed by atoms with Crippen molar-refractivity contribution < 1.29 is 0 Å². The van der Waals surface area contributed by atoms with Gasteiger partial charge in [0.2, 0.25) is 0 Å². The number of pyridine rings is 1. The summed E-state index contributed by atoms with van der Waals surface area (Å²) >= 11 is 7.38. The molecule has 6 heteroatoms. The monoisotopic (exact) mass is 288 g/mol. The van der Waals surface area contributed by atoms with Crippen molar-refractivity contribution in [3.63, 3.8) is 0 Å². The van der Waals surface area contributed by atoms with Crippen LogP contribution < -0.4 is 5.73 Å². The number of hydrogen-bond acceptors (Lipinski definition) is 5. The van der Waals surface area contributed by atoms with Gasteiger partial charge < -0.3 is 5.73 Å². The Labute approximate surface area is 118 Å². The van der Waals surface area contributed by atoms with E-state index in [9.17, 15) is 0 Å². The van der Waals surface area contributed by atoms with Gasteiger partial charge in [-0.05, 0) is 17.7 Å². The van der Waals surface area contributed by atoms with Crippen LogP contribution in [-0.2, 0) is 0 Å². The zero-order valence-corrected chi connectivity index (χ0v) is 11.3. The lowest BCUT2D eigenvalue weighted by Crippen LogP contribution is -1.90. The molecule has 3 aromatic heterocycles. The van der Waals surface area contributed by atoms with Crippen molar-refractivity contribution in [1.29, 1.82) is 0 Å². The number of nitrogens with two attached hydrogens (primary N) is 1. The van der Waals surface area contributed by atoms with Gasteiger partial charge in [-0.15, -0.1) is 11.3 Å². The van der Waals surface area contributed by atoms with Crippen LogP contribution >= 0.6 is 22.9 Å². The number of thiophene rings is 1. The molecule has 0 aliphatic carbocycles. The lowest BCUT2D eigenvalue weighted by atomic mass is 10.2. The average molecular weight is 289 g/mol. The third-order valence-corrected chi connectivity index (χ3v) is 3.83. The van der Waals surface area contributed by atoms with Crippen LogP contribution in [-0.4, -0.2) is 15.0 Å². The normalized spacial score (nSPS) is 11.4. The highest BCUT2D eigenvalue weighted by Crippen LogP contribution is 2.28. The van der Waals surface area contributed by atoms with E-state index < -0.39 is 0 Å². The molecule has 0 saturated carbocycles. The Bertz CT molecular complexity index is 766. The van der Waals surface area contributed by atoms with Crippen molar-refractivity contribution >= 4 is 51.1 Å². The second-order valence-electron chi connectivity index (χ2n) is 3.87. The Morgan fingerprint density at radius 1 is 1.21 bits per heavy atom. The molecular weight excluding hydrogens is 280 g/mol. The van der Waals surface area contributed by atoms with Crippen molar-refractivity contribution in [2.45, 2.75) is 0 Å². The van der Waals surface area contributed by atoms with Gasteiger partial charge in [-0.25, -0.2) is 15.0 Å². The van der Waals surface area contributed by atoms with Crippen LogP contribution in [0.2, 0.25) is 5.15 Å². The van der Waals surface area contributed by atoms with E-state index in [1.54, 1.807) is 12.3 Å². The largest absolute Gasteiger partial charge is 0.382 e. The van der Waals surface area contributed by atoms with Crippen molar-refractivity contribution in [3.8, 4) is 0 Å². The van der Waals surface area contributed by atoms with E-state index in [1.165, 1.54) is 17.7 Å². The minimum atomic E-state index is 0.476.